The average molecular weight is 459 g/mol. The van der Waals surface area contributed by atoms with Gasteiger partial charge in [0, 0.05) is 11.3 Å². The fourth-order valence-corrected chi connectivity index (χ4v) is 4.02. The van der Waals surface area contributed by atoms with Crippen LogP contribution in [0.2, 0.25) is 15.1 Å². The Labute approximate surface area is 176 Å². The van der Waals surface area contributed by atoms with Crippen LogP contribution in [0.5, 0.6) is 0 Å². The smallest absolute Gasteiger partial charge is 0.193 e. The highest BCUT2D eigenvalue weighted by atomic mass is 35.5. The molecule has 0 amide bonds. The van der Waals surface area contributed by atoms with E-state index in [4.69, 9.17) is 34.8 Å². The highest BCUT2D eigenvalue weighted by molar-refractivity contribution is 7.19. The molecule has 0 aliphatic carbocycles. The van der Waals surface area contributed by atoms with E-state index >= 15 is 0 Å². The first-order valence-corrected chi connectivity index (χ1v) is 9.61. The molecule has 11 heteroatoms. The minimum atomic E-state index is -0.630. The lowest BCUT2D eigenvalue weighted by atomic mass is 10.1. The Hall–Kier alpha value is -2.26. The maximum atomic E-state index is 14.0. The third kappa shape index (κ3) is 3.68. The number of nitrogens with one attached hydrogen (secondary N) is 2. The van der Waals surface area contributed by atoms with Crippen molar-refractivity contribution in [1.29, 1.82) is 0 Å². The van der Waals surface area contributed by atoms with Gasteiger partial charge in [0.25, 0.3) is 0 Å². The number of H-pyrrole nitrogens is 1. The molecule has 0 saturated carbocycles. The molecule has 0 aliphatic rings. The number of hydrogen-bond acceptors (Lipinski definition) is 5. The van der Waals surface area contributed by atoms with Crippen LogP contribution in [0.1, 0.15) is 0 Å². The molecule has 0 saturated heterocycles. The molecule has 0 radical (unpaired) electrons. The Bertz CT molecular complexity index is 1160. The van der Waals surface area contributed by atoms with E-state index in [1.54, 1.807) is 0 Å². The predicted octanol–water partition coefficient (Wildman–Crippen LogP) is 6.58. The summed E-state index contributed by atoms with van der Waals surface area (Å²) < 4.78 is 27.4. The Morgan fingerprint density at radius 2 is 1.75 bits per heavy atom. The molecule has 0 atom stereocenters. The van der Waals surface area contributed by atoms with Crippen molar-refractivity contribution in [2.24, 2.45) is 0 Å². The van der Waals surface area contributed by atoms with Crippen LogP contribution in [0.4, 0.5) is 19.6 Å². The standard InChI is InChI=1S/C17H8Cl3F2N5S/c18-9-5-11(20)13(22)4-8(9)14-15(16-23-6-24-27-16)28-17(26-14)25-7-1-2-12(21)10(19)3-7/h1-6H,(H,25,26)(H,23,24,27). The van der Waals surface area contributed by atoms with Crippen LogP contribution < -0.4 is 5.32 Å². The van der Waals surface area contributed by atoms with Crippen LogP contribution in [0.3, 0.4) is 0 Å². The minimum Gasteiger partial charge on any atom is -0.331 e. The molecule has 4 aromatic rings. The van der Waals surface area contributed by atoms with Gasteiger partial charge in [0.05, 0.1) is 20.8 Å². The average Bonchev–Trinajstić information content (AvgIpc) is 3.31. The van der Waals surface area contributed by atoms with Gasteiger partial charge in [0.15, 0.2) is 11.0 Å². The molecule has 2 aromatic carbocycles. The second-order valence-corrected chi connectivity index (χ2v) is 7.74. The molecule has 2 heterocycles. The molecule has 2 N–H and O–H groups in total. The highest BCUT2D eigenvalue weighted by Gasteiger charge is 2.21. The lowest BCUT2D eigenvalue weighted by Crippen LogP contribution is -1.91. The van der Waals surface area contributed by atoms with E-state index in [9.17, 15) is 8.78 Å². The summed E-state index contributed by atoms with van der Waals surface area (Å²) in [6.45, 7) is 0. The van der Waals surface area contributed by atoms with Crippen molar-refractivity contribution in [2.45, 2.75) is 0 Å². The maximum Gasteiger partial charge on any atom is 0.193 e. The number of anilines is 2. The topological polar surface area (TPSA) is 66.5 Å². The molecule has 0 spiro atoms. The Kier molecular flexibility index (Phi) is 5.20. The van der Waals surface area contributed by atoms with Gasteiger partial charge >= 0.3 is 0 Å². The van der Waals surface area contributed by atoms with Gasteiger partial charge in [-0.1, -0.05) is 46.1 Å². The van der Waals surface area contributed by atoms with Gasteiger partial charge in [-0.2, -0.15) is 5.10 Å². The lowest BCUT2D eigenvalue weighted by molar-refractivity contribution is 0.628. The van der Waals surface area contributed by atoms with E-state index in [0.29, 0.717) is 32.8 Å². The zero-order valence-electron chi connectivity index (χ0n) is 13.6. The van der Waals surface area contributed by atoms with Crippen molar-refractivity contribution >= 4 is 57.0 Å². The van der Waals surface area contributed by atoms with Gasteiger partial charge in [-0.3, -0.25) is 5.10 Å². The number of aromatic nitrogens is 4. The van der Waals surface area contributed by atoms with E-state index in [1.165, 1.54) is 48.0 Å². The first-order valence-electron chi connectivity index (χ1n) is 7.66. The van der Waals surface area contributed by atoms with Gasteiger partial charge in [0.1, 0.15) is 22.8 Å². The molecule has 5 nitrogen and oxygen atoms in total. The normalized spacial score (nSPS) is 11.0. The summed E-state index contributed by atoms with van der Waals surface area (Å²) in [6.07, 6.45) is 1.41. The first kappa shape index (κ1) is 19.1. The molecule has 0 fully saturated rings. The highest BCUT2D eigenvalue weighted by Crippen LogP contribution is 2.42. The summed E-state index contributed by atoms with van der Waals surface area (Å²) in [5.74, 6) is -0.796. The summed E-state index contributed by atoms with van der Waals surface area (Å²) in [7, 11) is 0. The van der Waals surface area contributed by atoms with E-state index in [2.05, 4.69) is 25.5 Å². The van der Waals surface area contributed by atoms with E-state index in [1.807, 2.05) is 0 Å². The number of halogens is 5. The van der Waals surface area contributed by atoms with Gasteiger partial charge in [0.2, 0.25) is 0 Å². The SMILES string of the molecule is Fc1ccc(Nc2nc(-c3cc(F)c(Cl)cc3Cl)c(-c3nc[nH]n3)s2)cc1Cl. The third-order valence-corrected chi connectivity index (χ3v) is 5.54. The summed E-state index contributed by atoms with van der Waals surface area (Å²) in [5.41, 5.74) is 1.24. The monoisotopic (exact) mass is 457 g/mol. The van der Waals surface area contributed by atoms with Crippen LogP contribution in [0, 0.1) is 11.6 Å². The van der Waals surface area contributed by atoms with Crippen LogP contribution >= 0.6 is 46.1 Å². The summed E-state index contributed by atoms with van der Waals surface area (Å²) in [6, 6.07) is 6.69. The van der Waals surface area contributed by atoms with Crippen LogP contribution in [0.25, 0.3) is 22.0 Å². The van der Waals surface area contributed by atoms with Gasteiger partial charge in [-0.25, -0.2) is 18.7 Å². The van der Waals surface area contributed by atoms with E-state index in [0.717, 1.165) is 0 Å². The molecular weight excluding hydrogens is 451 g/mol. The van der Waals surface area contributed by atoms with Crippen LogP contribution in [-0.2, 0) is 0 Å². The van der Waals surface area contributed by atoms with Crippen LogP contribution in [0.15, 0.2) is 36.7 Å². The molecule has 0 unspecified atom stereocenters. The van der Waals surface area contributed by atoms with Crippen molar-refractivity contribution in [2.75, 3.05) is 5.32 Å². The lowest BCUT2D eigenvalue weighted by Gasteiger charge is -2.05. The van der Waals surface area contributed by atoms with Gasteiger partial charge in [-0.15, -0.1) is 0 Å². The number of nitrogens with zero attached hydrogens (tertiary/aromatic N) is 3. The second kappa shape index (κ2) is 7.63. The first-order chi connectivity index (χ1) is 13.4. The Morgan fingerprint density at radius 3 is 2.46 bits per heavy atom. The molecule has 2 aromatic heterocycles. The van der Waals surface area contributed by atoms with Crippen molar-refractivity contribution in [3.8, 4) is 22.0 Å². The van der Waals surface area contributed by atoms with Crippen molar-refractivity contribution in [1.82, 2.24) is 20.2 Å². The summed E-state index contributed by atoms with van der Waals surface area (Å²) in [4.78, 5) is 9.18. The number of thiazole rings is 1. The fourth-order valence-electron chi connectivity index (χ4n) is 2.43. The van der Waals surface area contributed by atoms with Crippen molar-refractivity contribution < 1.29 is 8.78 Å². The third-order valence-electron chi connectivity index (χ3n) is 3.68. The zero-order valence-corrected chi connectivity index (χ0v) is 16.7. The second-order valence-electron chi connectivity index (χ2n) is 5.52. The Morgan fingerprint density at radius 1 is 0.964 bits per heavy atom. The van der Waals surface area contributed by atoms with Gasteiger partial charge in [-0.05, 0) is 30.3 Å². The quantitative estimate of drug-likeness (QED) is 0.339. The van der Waals surface area contributed by atoms with Crippen molar-refractivity contribution in [3.05, 3.63) is 63.4 Å². The minimum absolute atomic E-state index is 0.0289. The molecule has 28 heavy (non-hydrogen) atoms. The summed E-state index contributed by atoms with van der Waals surface area (Å²) in [5, 5.41) is 10.3. The predicted molar refractivity (Wildman–Crippen MR) is 108 cm³/mol. The summed E-state index contributed by atoms with van der Waals surface area (Å²) >= 11 is 19.1. The number of aromatic amines is 1. The van der Waals surface area contributed by atoms with E-state index < -0.39 is 11.6 Å². The zero-order chi connectivity index (χ0) is 19.8. The van der Waals surface area contributed by atoms with Crippen LogP contribution in [-0.4, -0.2) is 20.2 Å². The fraction of sp³-hybridized carbons (Fsp3) is 0. The number of rotatable bonds is 4. The molecule has 0 aliphatic heterocycles. The largest absolute Gasteiger partial charge is 0.331 e. The maximum absolute atomic E-state index is 14.0. The molecule has 4 rings (SSSR count). The Balaban J connectivity index is 1.82. The van der Waals surface area contributed by atoms with Gasteiger partial charge < -0.3 is 5.32 Å². The number of hydrogen-bond donors (Lipinski definition) is 2. The van der Waals surface area contributed by atoms with E-state index in [-0.39, 0.29) is 15.1 Å². The van der Waals surface area contributed by atoms with Crippen molar-refractivity contribution in [3.63, 3.8) is 0 Å². The number of benzene rings is 2. The molecular formula is C17H8Cl3F2N5S. The molecule has 142 valence electrons. The molecule has 0 bridgehead atoms.